The lowest BCUT2D eigenvalue weighted by Crippen LogP contribution is -2.41. The van der Waals surface area contributed by atoms with Crippen molar-refractivity contribution in [2.24, 2.45) is 0 Å². The van der Waals surface area contributed by atoms with E-state index >= 15 is 0 Å². The monoisotopic (exact) mass is 213 g/mol. The number of carbonyl (C=O) groups excluding carboxylic acids is 1. The molecule has 3 nitrogen and oxygen atoms in total. The van der Waals surface area contributed by atoms with Crippen LogP contribution < -0.4 is 5.32 Å². The number of nitrogens with one attached hydrogen (secondary N) is 1. The summed E-state index contributed by atoms with van der Waals surface area (Å²) < 4.78 is 4.61. The Kier molecular flexibility index (Phi) is 6.25. The summed E-state index contributed by atoms with van der Waals surface area (Å²) >= 11 is 0. The Bertz CT molecular complexity index is 230. The zero-order valence-corrected chi connectivity index (χ0v) is 10.5. The average molecular weight is 213 g/mol. The molecule has 0 heterocycles. The molecular formula is C12H23NO2. The molecule has 0 saturated carbocycles. The predicted molar refractivity (Wildman–Crippen MR) is 62.8 cm³/mol. The van der Waals surface area contributed by atoms with E-state index in [0.29, 0.717) is 12.1 Å². The van der Waals surface area contributed by atoms with Crippen LogP contribution in [0, 0.1) is 0 Å². The standard InChI is InChI=1S/C12H23NO2/c1-6-12(4,7-2)13-9-8-10(3)11(14)15-5/h8,13H,6-7,9H2,1-5H3/b10-8-. The minimum absolute atomic E-state index is 0.160. The molecule has 0 aliphatic heterocycles. The van der Waals surface area contributed by atoms with Crippen molar-refractivity contribution in [3.63, 3.8) is 0 Å². The second kappa shape index (κ2) is 6.62. The SMILES string of the molecule is CCC(C)(CC)NC/C=C(/C)C(=O)OC. The fourth-order valence-electron chi connectivity index (χ4n) is 1.19. The van der Waals surface area contributed by atoms with Gasteiger partial charge >= 0.3 is 5.97 Å². The Morgan fingerprint density at radius 3 is 2.33 bits per heavy atom. The van der Waals surface area contributed by atoms with Crippen molar-refractivity contribution in [2.75, 3.05) is 13.7 Å². The van der Waals surface area contributed by atoms with Crippen LogP contribution in [0.1, 0.15) is 40.5 Å². The third-order valence-corrected chi connectivity index (χ3v) is 3.01. The van der Waals surface area contributed by atoms with Crippen LogP contribution in [0.2, 0.25) is 0 Å². The third-order valence-electron chi connectivity index (χ3n) is 3.01. The molecular weight excluding hydrogens is 190 g/mol. The molecule has 0 amide bonds. The highest BCUT2D eigenvalue weighted by atomic mass is 16.5. The van der Waals surface area contributed by atoms with Crippen molar-refractivity contribution in [3.05, 3.63) is 11.6 Å². The van der Waals surface area contributed by atoms with E-state index in [2.05, 4.69) is 30.8 Å². The number of methoxy groups -OCH3 is 1. The molecule has 1 N–H and O–H groups in total. The Balaban J connectivity index is 4.12. The molecule has 0 atom stereocenters. The van der Waals surface area contributed by atoms with E-state index in [9.17, 15) is 4.79 Å². The van der Waals surface area contributed by atoms with Crippen molar-refractivity contribution >= 4 is 5.97 Å². The minimum atomic E-state index is -0.258. The maximum atomic E-state index is 11.1. The van der Waals surface area contributed by atoms with Gasteiger partial charge in [-0.3, -0.25) is 0 Å². The van der Waals surface area contributed by atoms with Gasteiger partial charge in [0.1, 0.15) is 0 Å². The first-order valence-corrected chi connectivity index (χ1v) is 5.49. The molecule has 0 fully saturated rings. The van der Waals surface area contributed by atoms with Gasteiger partial charge in [0.2, 0.25) is 0 Å². The lowest BCUT2D eigenvalue weighted by Gasteiger charge is -2.27. The zero-order valence-electron chi connectivity index (χ0n) is 10.5. The van der Waals surface area contributed by atoms with Gasteiger partial charge in [-0.1, -0.05) is 19.9 Å². The number of ether oxygens (including phenoxy) is 1. The minimum Gasteiger partial charge on any atom is -0.466 e. The lowest BCUT2D eigenvalue weighted by molar-refractivity contribution is -0.136. The fourth-order valence-corrected chi connectivity index (χ4v) is 1.19. The first-order chi connectivity index (χ1) is 6.99. The third kappa shape index (κ3) is 4.98. The van der Waals surface area contributed by atoms with Gasteiger partial charge in [-0.25, -0.2) is 4.79 Å². The molecule has 0 aliphatic rings. The van der Waals surface area contributed by atoms with Gasteiger partial charge in [-0.15, -0.1) is 0 Å². The van der Waals surface area contributed by atoms with Gasteiger partial charge in [0, 0.05) is 17.7 Å². The molecule has 0 saturated heterocycles. The summed E-state index contributed by atoms with van der Waals surface area (Å²) in [6.07, 6.45) is 4.03. The van der Waals surface area contributed by atoms with Crippen LogP contribution in [0.5, 0.6) is 0 Å². The van der Waals surface area contributed by atoms with E-state index in [1.54, 1.807) is 6.92 Å². The van der Waals surface area contributed by atoms with E-state index in [1.807, 2.05) is 6.08 Å². The molecule has 0 aliphatic carbocycles. The molecule has 0 rings (SSSR count). The Morgan fingerprint density at radius 2 is 1.93 bits per heavy atom. The Labute approximate surface area is 92.9 Å². The molecule has 0 aromatic heterocycles. The first kappa shape index (κ1) is 14.2. The van der Waals surface area contributed by atoms with Crippen molar-refractivity contribution < 1.29 is 9.53 Å². The first-order valence-electron chi connectivity index (χ1n) is 5.49. The smallest absolute Gasteiger partial charge is 0.333 e. The summed E-state index contributed by atoms with van der Waals surface area (Å²) in [6, 6.07) is 0. The number of carbonyl (C=O) groups is 1. The van der Waals surface area contributed by atoms with Crippen molar-refractivity contribution in [1.29, 1.82) is 0 Å². The molecule has 0 bridgehead atoms. The fraction of sp³-hybridized carbons (Fsp3) is 0.750. The van der Waals surface area contributed by atoms with Crippen LogP contribution in [0.25, 0.3) is 0 Å². The van der Waals surface area contributed by atoms with Crippen LogP contribution in [0.15, 0.2) is 11.6 Å². The zero-order chi connectivity index (χ0) is 11.9. The van der Waals surface area contributed by atoms with Gasteiger partial charge < -0.3 is 10.1 Å². The number of hydrogen-bond acceptors (Lipinski definition) is 3. The van der Waals surface area contributed by atoms with Crippen molar-refractivity contribution in [1.82, 2.24) is 5.32 Å². The maximum absolute atomic E-state index is 11.1. The van der Waals surface area contributed by atoms with E-state index < -0.39 is 0 Å². The van der Waals surface area contributed by atoms with E-state index in [0.717, 1.165) is 12.8 Å². The van der Waals surface area contributed by atoms with Crippen LogP contribution in [-0.4, -0.2) is 25.2 Å². The highest BCUT2D eigenvalue weighted by Gasteiger charge is 2.17. The van der Waals surface area contributed by atoms with E-state index in [4.69, 9.17) is 0 Å². The molecule has 88 valence electrons. The summed E-state index contributed by atoms with van der Waals surface area (Å²) in [5.74, 6) is -0.258. The number of esters is 1. The largest absolute Gasteiger partial charge is 0.466 e. The van der Waals surface area contributed by atoms with Crippen molar-refractivity contribution in [3.8, 4) is 0 Å². The number of hydrogen-bond donors (Lipinski definition) is 1. The predicted octanol–water partition coefficient (Wildman–Crippen LogP) is 2.27. The average Bonchev–Trinajstić information content (AvgIpc) is 2.27. The molecule has 0 spiro atoms. The summed E-state index contributed by atoms with van der Waals surface area (Å²) in [5.41, 5.74) is 0.812. The lowest BCUT2D eigenvalue weighted by atomic mass is 9.95. The summed E-state index contributed by atoms with van der Waals surface area (Å²) in [7, 11) is 1.40. The van der Waals surface area contributed by atoms with Crippen LogP contribution >= 0.6 is 0 Å². The second-order valence-corrected chi connectivity index (χ2v) is 4.03. The van der Waals surface area contributed by atoms with Crippen LogP contribution in [0.3, 0.4) is 0 Å². The quantitative estimate of drug-likeness (QED) is 0.543. The van der Waals surface area contributed by atoms with Crippen LogP contribution in [0.4, 0.5) is 0 Å². The summed E-state index contributed by atoms with van der Waals surface area (Å²) in [4.78, 5) is 11.1. The Hall–Kier alpha value is -0.830. The molecule has 0 aromatic rings. The summed E-state index contributed by atoms with van der Waals surface area (Å²) in [6.45, 7) is 8.98. The highest BCUT2D eigenvalue weighted by molar-refractivity contribution is 5.87. The normalized spacial score (nSPS) is 12.7. The topological polar surface area (TPSA) is 38.3 Å². The van der Waals surface area contributed by atoms with Gasteiger partial charge in [0.15, 0.2) is 0 Å². The van der Waals surface area contributed by atoms with E-state index in [-0.39, 0.29) is 11.5 Å². The molecule has 0 aromatic carbocycles. The molecule has 0 radical (unpaired) electrons. The second-order valence-electron chi connectivity index (χ2n) is 4.03. The highest BCUT2D eigenvalue weighted by Crippen LogP contribution is 2.12. The molecule has 0 unspecified atom stereocenters. The maximum Gasteiger partial charge on any atom is 0.333 e. The molecule has 15 heavy (non-hydrogen) atoms. The molecule has 3 heteroatoms. The van der Waals surface area contributed by atoms with Crippen LogP contribution in [-0.2, 0) is 9.53 Å². The summed E-state index contributed by atoms with van der Waals surface area (Å²) in [5, 5.41) is 3.42. The van der Waals surface area contributed by atoms with Gasteiger partial charge in [0.05, 0.1) is 7.11 Å². The van der Waals surface area contributed by atoms with Gasteiger partial charge in [-0.2, -0.15) is 0 Å². The van der Waals surface area contributed by atoms with Gasteiger partial charge in [0.25, 0.3) is 0 Å². The Morgan fingerprint density at radius 1 is 1.40 bits per heavy atom. The van der Waals surface area contributed by atoms with Gasteiger partial charge in [-0.05, 0) is 26.7 Å². The number of rotatable bonds is 6. The van der Waals surface area contributed by atoms with E-state index in [1.165, 1.54) is 7.11 Å². The van der Waals surface area contributed by atoms with Crippen molar-refractivity contribution in [2.45, 2.75) is 46.1 Å².